The summed E-state index contributed by atoms with van der Waals surface area (Å²) in [6.07, 6.45) is 14.1. The van der Waals surface area contributed by atoms with Gasteiger partial charge in [0.2, 0.25) is 5.95 Å². The third-order valence-electron chi connectivity index (χ3n) is 7.22. The maximum absolute atomic E-state index is 11.3. The van der Waals surface area contributed by atoms with Gasteiger partial charge in [0, 0.05) is 12.6 Å². The summed E-state index contributed by atoms with van der Waals surface area (Å²) in [5, 5.41) is 16.2. The summed E-state index contributed by atoms with van der Waals surface area (Å²) in [4.78, 5) is 25.1. The number of rotatable bonds is 8. The van der Waals surface area contributed by atoms with Gasteiger partial charge in [-0.1, -0.05) is 62.8 Å². The number of carbonyl (C=O) groups is 1. The van der Waals surface area contributed by atoms with Crippen LogP contribution >= 0.6 is 0 Å². The number of nitrogens with zero attached hydrogens (tertiary/aromatic N) is 4. The van der Waals surface area contributed by atoms with Crippen LogP contribution in [0.4, 0.5) is 11.8 Å². The molecule has 2 fully saturated rings. The fourth-order valence-corrected chi connectivity index (χ4v) is 5.35. The fourth-order valence-electron chi connectivity index (χ4n) is 5.35. The molecule has 2 aliphatic carbocycles. The Kier molecular flexibility index (Phi) is 6.92. The van der Waals surface area contributed by atoms with Crippen molar-refractivity contribution in [2.75, 3.05) is 10.6 Å². The maximum Gasteiger partial charge on any atom is 0.323 e. The van der Waals surface area contributed by atoms with E-state index in [0.29, 0.717) is 41.4 Å². The van der Waals surface area contributed by atoms with Crippen molar-refractivity contribution in [1.82, 2.24) is 19.5 Å². The number of aromatic nitrogens is 4. The molecule has 3 N–H and O–H groups in total. The van der Waals surface area contributed by atoms with Crippen LogP contribution in [0.3, 0.4) is 0 Å². The molecule has 5 rings (SSSR count). The van der Waals surface area contributed by atoms with Gasteiger partial charge in [0.1, 0.15) is 6.54 Å². The predicted molar refractivity (Wildman–Crippen MR) is 133 cm³/mol. The number of benzene rings is 1. The molecule has 1 aromatic carbocycles. The minimum atomic E-state index is -0.924. The van der Waals surface area contributed by atoms with Crippen LogP contribution < -0.4 is 10.6 Å². The molecular weight excluding hydrogens is 428 g/mol. The first-order chi connectivity index (χ1) is 16.7. The summed E-state index contributed by atoms with van der Waals surface area (Å²) in [5.41, 5.74) is 3.77. The van der Waals surface area contributed by atoms with Gasteiger partial charge in [-0.25, -0.2) is 4.98 Å². The minimum absolute atomic E-state index is 0.182. The van der Waals surface area contributed by atoms with Crippen molar-refractivity contribution in [3.63, 3.8) is 0 Å². The lowest BCUT2D eigenvalue weighted by Crippen LogP contribution is -2.23. The number of imidazole rings is 1. The predicted octanol–water partition coefficient (Wildman–Crippen LogP) is 5.32. The normalized spacial score (nSPS) is 17.6. The zero-order valence-electron chi connectivity index (χ0n) is 19.7. The number of hydrogen-bond donors (Lipinski definition) is 3. The van der Waals surface area contributed by atoms with Gasteiger partial charge in [-0.3, -0.25) is 4.79 Å². The molecule has 3 aromatic rings. The summed E-state index contributed by atoms with van der Waals surface area (Å²) < 4.78 is 1.57. The van der Waals surface area contributed by atoms with Gasteiger partial charge >= 0.3 is 5.97 Å². The lowest BCUT2D eigenvalue weighted by molar-refractivity contribution is -0.137. The topological polar surface area (TPSA) is 105 Å². The van der Waals surface area contributed by atoms with Gasteiger partial charge in [-0.15, -0.1) is 0 Å². The van der Waals surface area contributed by atoms with E-state index in [1.807, 2.05) is 0 Å². The molecule has 0 radical (unpaired) electrons. The number of fused-ring (bicyclic) bond motifs is 1. The average Bonchev–Trinajstić information content (AvgIpc) is 3.26. The average molecular weight is 463 g/mol. The van der Waals surface area contributed by atoms with E-state index in [2.05, 4.69) is 44.9 Å². The van der Waals surface area contributed by atoms with E-state index in [-0.39, 0.29) is 6.54 Å². The largest absolute Gasteiger partial charge is 0.480 e. The fraction of sp³-hybridized carbons (Fsp3) is 0.538. The third kappa shape index (κ3) is 5.32. The molecule has 0 amide bonds. The highest BCUT2D eigenvalue weighted by atomic mass is 16.4. The van der Waals surface area contributed by atoms with Crippen LogP contribution in [0.5, 0.6) is 0 Å². The Bertz CT molecular complexity index is 1110. The lowest BCUT2D eigenvalue weighted by Gasteiger charge is -2.23. The number of hydrogen-bond acceptors (Lipinski definition) is 6. The Balaban J connectivity index is 1.34. The van der Waals surface area contributed by atoms with Crippen LogP contribution in [-0.2, 0) is 17.9 Å². The van der Waals surface area contributed by atoms with E-state index >= 15 is 0 Å². The van der Waals surface area contributed by atoms with Gasteiger partial charge in [0.05, 0.1) is 6.33 Å². The number of aliphatic carboxylic acids is 1. The molecule has 0 saturated heterocycles. The number of carboxylic acids is 1. The van der Waals surface area contributed by atoms with Crippen LogP contribution in [0.1, 0.15) is 81.3 Å². The van der Waals surface area contributed by atoms with Crippen molar-refractivity contribution in [2.24, 2.45) is 0 Å². The van der Waals surface area contributed by atoms with Crippen LogP contribution in [0.2, 0.25) is 0 Å². The van der Waals surface area contributed by atoms with Gasteiger partial charge in [0.15, 0.2) is 17.0 Å². The van der Waals surface area contributed by atoms with Crippen molar-refractivity contribution in [2.45, 2.75) is 89.3 Å². The second kappa shape index (κ2) is 10.4. The van der Waals surface area contributed by atoms with Crippen molar-refractivity contribution in [1.29, 1.82) is 0 Å². The van der Waals surface area contributed by atoms with Gasteiger partial charge in [-0.2, -0.15) is 9.97 Å². The molecule has 180 valence electrons. The second-order valence-electron chi connectivity index (χ2n) is 9.74. The van der Waals surface area contributed by atoms with E-state index in [1.165, 1.54) is 68.8 Å². The first-order valence-corrected chi connectivity index (χ1v) is 12.7. The number of anilines is 2. The summed E-state index contributed by atoms with van der Waals surface area (Å²) in [5.74, 6) is 0.933. The summed E-state index contributed by atoms with van der Waals surface area (Å²) >= 11 is 0. The molecule has 0 unspecified atom stereocenters. The third-order valence-corrected chi connectivity index (χ3v) is 7.22. The molecule has 8 heteroatoms. The van der Waals surface area contributed by atoms with Crippen molar-refractivity contribution in [3.05, 3.63) is 41.7 Å². The SMILES string of the molecule is O=C(O)Cn1cnc2c(NC3CCCCC3)nc(NCc3ccc(C4CCCCC4)cc3)nc21. The molecule has 2 aliphatic rings. The van der Waals surface area contributed by atoms with Gasteiger partial charge in [0.25, 0.3) is 0 Å². The maximum atomic E-state index is 11.3. The standard InChI is InChI=1S/C26H34N6O2/c33-22(34)16-32-17-28-23-24(29-21-9-5-2-6-10-21)30-26(31-25(23)32)27-15-18-11-13-20(14-12-18)19-7-3-1-4-8-19/h11-14,17,19,21H,1-10,15-16H2,(H,33,34)(H2,27,29,30,31). The van der Waals surface area contributed by atoms with Crippen LogP contribution in [0.25, 0.3) is 11.2 Å². The second-order valence-corrected chi connectivity index (χ2v) is 9.74. The molecule has 0 atom stereocenters. The highest BCUT2D eigenvalue weighted by molar-refractivity contribution is 5.85. The molecule has 0 spiro atoms. The number of carboxylic acid groups (broad SMARTS) is 1. The Hall–Kier alpha value is -3.16. The van der Waals surface area contributed by atoms with E-state index in [0.717, 1.165) is 12.8 Å². The molecule has 2 aromatic heterocycles. The quantitative estimate of drug-likeness (QED) is 0.416. The Morgan fingerprint density at radius 3 is 2.38 bits per heavy atom. The van der Waals surface area contributed by atoms with Crippen LogP contribution in [0.15, 0.2) is 30.6 Å². The molecule has 2 saturated carbocycles. The van der Waals surface area contributed by atoms with E-state index in [1.54, 1.807) is 4.57 Å². The highest BCUT2D eigenvalue weighted by Gasteiger charge is 2.20. The molecule has 34 heavy (non-hydrogen) atoms. The molecular formula is C26H34N6O2. The summed E-state index contributed by atoms with van der Waals surface area (Å²) in [6, 6.07) is 9.25. The van der Waals surface area contributed by atoms with Crippen molar-refractivity contribution < 1.29 is 9.90 Å². The van der Waals surface area contributed by atoms with E-state index in [4.69, 9.17) is 4.98 Å². The van der Waals surface area contributed by atoms with Crippen LogP contribution in [-0.4, -0.2) is 36.6 Å². The zero-order valence-corrected chi connectivity index (χ0v) is 19.7. The molecule has 8 nitrogen and oxygen atoms in total. The molecule has 0 bridgehead atoms. The Labute approximate surface area is 200 Å². The number of nitrogens with one attached hydrogen (secondary N) is 2. The first-order valence-electron chi connectivity index (χ1n) is 12.7. The Morgan fingerprint density at radius 1 is 0.971 bits per heavy atom. The van der Waals surface area contributed by atoms with E-state index < -0.39 is 5.97 Å². The zero-order chi connectivity index (χ0) is 23.3. The highest BCUT2D eigenvalue weighted by Crippen LogP contribution is 2.32. The van der Waals surface area contributed by atoms with Gasteiger partial charge < -0.3 is 20.3 Å². The Morgan fingerprint density at radius 2 is 1.68 bits per heavy atom. The van der Waals surface area contributed by atoms with Crippen LogP contribution in [0, 0.1) is 0 Å². The van der Waals surface area contributed by atoms with E-state index in [9.17, 15) is 9.90 Å². The molecule has 0 aliphatic heterocycles. The minimum Gasteiger partial charge on any atom is -0.480 e. The monoisotopic (exact) mass is 462 g/mol. The summed E-state index contributed by atoms with van der Waals surface area (Å²) in [6.45, 7) is 0.421. The molecule has 2 heterocycles. The lowest BCUT2D eigenvalue weighted by atomic mass is 9.84. The first kappa shape index (κ1) is 22.6. The van der Waals surface area contributed by atoms with Gasteiger partial charge in [-0.05, 0) is 42.7 Å². The summed E-state index contributed by atoms with van der Waals surface area (Å²) in [7, 11) is 0. The van der Waals surface area contributed by atoms with Crippen molar-refractivity contribution >= 4 is 28.9 Å². The van der Waals surface area contributed by atoms with Crippen molar-refractivity contribution in [3.8, 4) is 0 Å². The smallest absolute Gasteiger partial charge is 0.323 e.